The highest BCUT2D eigenvalue weighted by atomic mass is 16.2. The average molecular weight is 238 g/mol. The summed E-state index contributed by atoms with van der Waals surface area (Å²) in [4.78, 5) is 13.9. The molecule has 1 heterocycles. The topological polar surface area (TPSA) is 64.2 Å². The van der Waals surface area contributed by atoms with Crippen LogP contribution in [0.15, 0.2) is 12.4 Å². The number of carbonyl (C=O) groups excluding carboxylic acids is 1. The van der Waals surface area contributed by atoms with Gasteiger partial charge in [-0.05, 0) is 13.0 Å². The van der Waals surface area contributed by atoms with Crippen LogP contribution in [0.25, 0.3) is 0 Å². The summed E-state index contributed by atoms with van der Waals surface area (Å²) >= 11 is 0. The van der Waals surface area contributed by atoms with Gasteiger partial charge in [0.05, 0.1) is 6.20 Å². The number of aryl methyl sites for hydroxylation is 1. The molecule has 96 valence electrons. The zero-order chi connectivity index (χ0) is 13.1. The molecule has 0 spiro atoms. The van der Waals surface area contributed by atoms with Crippen LogP contribution in [-0.4, -0.2) is 34.2 Å². The van der Waals surface area contributed by atoms with E-state index in [9.17, 15) is 4.79 Å². The van der Waals surface area contributed by atoms with Crippen LogP contribution in [0.4, 0.5) is 0 Å². The maximum absolute atomic E-state index is 12.2. The van der Waals surface area contributed by atoms with Crippen molar-refractivity contribution in [1.82, 2.24) is 14.7 Å². The molecule has 5 heteroatoms. The first-order chi connectivity index (χ1) is 7.86. The lowest BCUT2D eigenvalue weighted by Crippen LogP contribution is -2.39. The molecule has 0 saturated heterocycles. The van der Waals surface area contributed by atoms with Gasteiger partial charge in [0.1, 0.15) is 0 Å². The molecule has 1 aromatic heterocycles. The molecule has 0 saturated carbocycles. The van der Waals surface area contributed by atoms with Gasteiger partial charge in [0, 0.05) is 37.8 Å². The Bertz CT molecular complexity index is 384. The Morgan fingerprint density at radius 2 is 2.24 bits per heavy atom. The van der Waals surface area contributed by atoms with Gasteiger partial charge in [0.15, 0.2) is 0 Å². The summed E-state index contributed by atoms with van der Waals surface area (Å²) in [5.74, 6) is 0.117. The minimum atomic E-state index is -0.397. The largest absolute Gasteiger partial charge is 0.341 e. The highest BCUT2D eigenvalue weighted by Gasteiger charge is 2.29. The Hall–Kier alpha value is -1.36. The summed E-state index contributed by atoms with van der Waals surface area (Å²) < 4.78 is 1.73. The summed E-state index contributed by atoms with van der Waals surface area (Å²) in [5, 5.41) is 4.09. The van der Waals surface area contributed by atoms with E-state index in [0.29, 0.717) is 19.5 Å². The lowest BCUT2D eigenvalue weighted by molar-refractivity contribution is -0.139. The molecule has 17 heavy (non-hydrogen) atoms. The molecule has 2 N–H and O–H groups in total. The van der Waals surface area contributed by atoms with Crippen LogP contribution in [0.3, 0.4) is 0 Å². The second kappa shape index (κ2) is 5.31. The first kappa shape index (κ1) is 13.7. The van der Waals surface area contributed by atoms with Crippen molar-refractivity contribution in [2.75, 3.05) is 13.6 Å². The third-order valence-electron chi connectivity index (χ3n) is 2.87. The molecule has 0 atom stereocenters. The van der Waals surface area contributed by atoms with Crippen LogP contribution in [-0.2, 0) is 18.4 Å². The fourth-order valence-electron chi connectivity index (χ4n) is 1.88. The number of hydrogen-bond acceptors (Lipinski definition) is 3. The van der Waals surface area contributed by atoms with Crippen LogP contribution in [0, 0.1) is 5.41 Å². The van der Waals surface area contributed by atoms with Crippen molar-refractivity contribution in [2.24, 2.45) is 18.2 Å². The first-order valence-corrected chi connectivity index (χ1v) is 5.80. The van der Waals surface area contributed by atoms with Gasteiger partial charge >= 0.3 is 0 Å². The molecule has 1 aromatic rings. The Balaban J connectivity index is 2.64. The maximum atomic E-state index is 12.2. The number of hydrogen-bond donors (Lipinski definition) is 1. The van der Waals surface area contributed by atoms with Gasteiger partial charge in [0.2, 0.25) is 5.91 Å². The van der Waals surface area contributed by atoms with E-state index < -0.39 is 5.41 Å². The smallest absolute Gasteiger partial charge is 0.228 e. The van der Waals surface area contributed by atoms with Gasteiger partial charge < -0.3 is 10.6 Å². The molecule has 0 aromatic carbocycles. The minimum Gasteiger partial charge on any atom is -0.341 e. The third-order valence-corrected chi connectivity index (χ3v) is 2.87. The zero-order valence-corrected chi connectivity index (χ0v) is 11.1. The Kier molecular flexibility index (Phi) is 4.28. The number of nitrogens with zero attached hydrogens (tertiary/aromatic N) is 3. The normalized spacial score (nSPS) is 11.6. The molecule has 0 bridgehead atoms. The Labute approximate surface area is 103 Å². The van der Waals surface area contributed by atoms with E-state index in [1.807, 2.05) is 34.1 Å². The molecule has 0 radical (unpaired) electrons. The number of rotatable bonds is 5. The van der Waals surface area contributed by atoms with Crippen LogP contribution in [0.5, 0.6) is 0 Å². The highest BCUT2D eigenvalue weighted by Crippen LogP contribution is 2.22. The van der Waals surface area contributed by atoms with E-state index in [1.165, 1.54) is 0 Å². The minimum absolute atomic E-state index is 0.117. The van der Waals surface area contributed by atoms with Crippen molar-refractivity contribution in [2.45, 2.75) is 26.8 Å². The van der Waals surface area contributed by atoms with E-state index in [4.69, 9.17) is 5.73 Å². The Morgan fingerprint density at radius 1 is 1.59 bits per heavy atom. The van der Waals surface area contributed by atoms with Crippen LogP contribution in [0.2, 0.25) is 0 Å². The lowest BCUT2D eigenvalue weighted by atomic mass is 9.87. The van der Waals surface area contributed by atoms with Crippen molar-refractivity contribution in [3.05, 3.63) is 18.0 Å². The monoisotopic (exact) mass is 238 g/mol. The molecule has 0 fully saturated rings. The van der Waals surface area contributed by atoms with E-state index in [2.05, 4.69) is 5.10 Å². The predicted molar refractivity (Wildman–Crippen MR) is 67.1 cm³/mol. The van der Waals surface area contributed by atoms with Gasteiger partial charge in [-0.2, -0.15) is 5.10 Å². The fourth-order valence-corrected chi connectivity index (χ4v) is 1.88. The molecular formula is C12H22N4O. The molecule has 5 nitrogen and oxygen atoms in total. The molecular weight excluding hydrogens is 216 g/mol. The SMILES string of the molecule is CN(Cc1cnn(C)c1)C(=O)C(C)(C)CCN. The molecule has 0 aliphatic rings. The predicted octanol–water partition coefficient (Wildman–Crippen LogP) is 0.754. The zero-order valence-electron chi connectivity index (χ0n) is 11.1. The van der Waals surface area contributed by atoms with Crippen LogP contribution < -0.4 is 5.73 Å². The summed E-state index contributed by atoms with van der Waals surface area (Å²) in [6.07, 6.45) is 4.39. The van der Waals surface area contributed by atoms with Crippen molar-refractivity contribution in [3.63, 3.8) is 0 Å². The van der Waals surface area contributed by atoms with Crippen molar-refractivity contribution < 1.29 is 4.79 Å². The molecule has 0 aliphatic heterocycles. The lowest BCUT2D eigenvalue weighted by Gasteiger charge is -2.28. The molecule has 1 amide bonds. The van der Waals surface area contributed by atoms with Crippen LogP contribution >= 0.6 is 0 Å². The summed E-state index contributed by atoms with van der Waals surface area (Å²) in [6.45, 7) is 4.98. The molecule has 1 rings (SSSR count). The second-order valence-electron chi connectivity index (χ2n) is 5.11. The second-order valence-corrected chi connectivity index (χ2v) is 5.11. The van der Waals surface area contributed by atoms with E-state index >= 15 is 0 Å². The summed E-state index contributed by atoms with van der Waals surface area (Å²) in [7, 11) is 3.68. The van der Waals surface area contributed by atoms with Gasteiger partial charge in [-0.1, -0.05) is 13.8 Å². The van der Waals surface area contributed by atoms with E-state index in [-0.39, 0.29) is 5.91 Å². The quantitative estimate of drug-likeness (QED) is 0.823. The first-order valence-electron chi connectivity index (χ1n) is 5.80. The van der Waals surface area contributed by atoms with Gasteiger partial charge in [0.25, 0.3) is 0 Å². The number of nitrogens with two attached hydrogens (primary N) is 1. The standard InChI is InChI=1S/C12H22N4O/c1-12(2,5-6-13)11(17)15(3)8-10-7-14-16(4)9-10/h7,9H,5-6,8,13H2,1-4H3. The Morgan fingerprint density at radius 3 is 2.71 bits per heavy atom. The fraction of sp³-hybridized carbons (Fsp3) is 0.667. The van der Waals surface area contributed by atoms with Gasteiger partial charge in [-0.15, -0.1) is 0 Å². The average Bonchev–Trinajstić information content (AvgIpc) is 2.62. The number of amides is 1. The highest BCUT2D eigenvalue weighted by molar-refractivity contribution is 5.81. The van der Waals surface area contributed by atoms with Crippen molar-refractivity contribution >= 4 is 5.91 Å². The number of aromatic nitrogens is 2. The summed E-state index contributed by atoms with van der Waals surface area (Å²) in [6, 6.07) is 0. The van der Waals surface area contributed by atoms with Gasteiger partial charge in [-0.3, -0.25) is 9.48 Å². The van der Waals surface area contributed by atoms with E-state index in [1.54, 1.807) is 15.8 Å². The van der Waals surface area contributed by atoms with Crippen LogP contribution in [0.1, 0.15) is 25.8 Å². The van der Waals surface area contributed by atoms with E-state index in [0.717, 1.165) is 5.56 Å². The summed E-state index contributed by atoms with van der Waals surface area (Å²) in [5.41, 5.74) is 6.16. The number of carbonyl (C=O) groups is 1. The maximum Gasteiger partial charge on any atom is 0.228 e. The van der Waals surface area contributed by atoms with Gasteiger partial charge in [-0.25, -0.2) is 0 Å². The van der Waals surface area contributed by atoms with Crippen molar-refractivity contribution in [1.29, 1.82) is 0 Å². The molecule has 0 unspecified atom stereocenters. The third kappa shape index (κ3) is 3.56. The molecule has 0 aliphatic carbocycles. The van der Waals surface area contributed by atoms with Crippen molar-refractivity contribution in [3.8, 4) is 0 Å².